The van der Waals surface area contributed by atoms with Gasteiger partial charge in [0.25, 0.3) is 0 Å². The number of nitrogens with two attached hydrogens (primary N) is 2. The first-order valence-electron chi connectivity index (χ1n) is 4.74. The molecule has 2 aliphatic rings. The van der Waals surface area contributed by atoms with E-state index >= 15 is 0 Å². The Morgan fingerprint density at radius 1 is 1.14 bits per heavy atom. The summed E-state index contributed by atoms with van der Waals surface area (Å²) in [6, 6.07) is 4.38. The molecular weight excluding hydrogens is 180 g/mol. The fourth-order valence-electron chi connectivity index (χ4n) is 1.72. The van der Waals surface area contributed by atoms with E-state index in [1.807, 2.05) is 18.2 Å². The van der Waals surface area contributed by atoms with E-state index in [1.165, 1.54) is 18.4 Å². The van der Waals surface area contributed by atoms with E-state index in [0.717, 1.165) is 0 Å². The Labute approximate surface area is 81.8 Å². The molecule has 0 saturated heterocycles. The Bertz CT molecular complexity index is 386. The molecule has 3 rings (SSSR count). The van der Waals surface area contributed by atoms with Gasteiger partial charge in [0.15, 0.2) is 11.5 Å². The van der Waals surface area contributed by atoms with E-state index < -0.39 is 6.03 Å². The normalized spacial score (nSPS) is 22.4. The minimum absolute atomic E-state index is 0.624. The average molecular weight is 192 g/mol. The smallest absolute Gasteiger partial charge is 0.376 e. The largest absolute Gasteiger partial charge is 0.424 e. The molecule has 74 valence electrons. The first kappa shape index (κ1) is 8.08. The molecule has 0 amide bonds. The SMILES string of the molecule is NC1(N)Oc2ccc(C3CC3)cc2O1. The van der Waals surface area contributed by atoms with Gasteiger partial charge in [-0.2, -0.15) is 0 Å². The zero-order valence-corrected chi connectivity index (χ0v) is 7.69. The molecule has 0 bridgehead atoms. The molecule has 0 radical (unpaired) electrons. The van der Waals surface area contributed by atoms with Crippen molar-refractivity contribution in [2.45, 2.75) is 24.8 Å². The van der Waals surface area contributed by atoms with E-state index in [9.17, 15) is 0 Å². The van der Waals surface area contributed by atoms with Crippen molar-refractivity contribution in [1.29, 1.82) is 0 Å². The highest BCUT2D eigenvalue weighted by Crippen LogP contribution is 2.44. The summed E-state index contributed by atoms with van der Waals surface area (Å²) in [6.45, 7) is 0. The number of rotatable bonds is 1. The van der Waals surface area contributed by atoms with Gasteiger partial charge in [-0.3, -0.25) is 0 Å². The van der Waals surface area contributed by atoms with Crippen LogP contribution in [-0.4, -0.2) is 6.03 Å². The summed E-state index contributed by atoms with van der Waals surface area (Å²) >= 11 is 0. The third kappa shape index (κ3) is 1.23. The van der Waals surface area contributed by atoms with Crippen LogP contribution in [0.15, 0.2) is 18.2 Å². The summed E-state index contributed by atoms with van der Waals surface area (Å²) < 4.78 is 10.4. The summed E-state index contributed by atoms with van der Waals surface area (Å²) in [5, 5.41) is 0. The molecule has 1 heterocycles. The van der Waals surface area contributed by atoms with Crippen LogP contribution < -0.4 is 20.9 Å². The summed E-state index contributed by atoms with van der Waals surface area (Å²) in [5.41, 5.74) is 12.3. The van der Waals surface area contributed by atoms with Gasteiger partial charge in [0.05, 0.1) is 0 Å². The van der Waals surface area contributed by atoms with E-state index in [1.54, 1.807) is 0 Å². The molecule has 1 aromatic rings. The highest BCUT2D eigenvalue weighted by Gasteiger charge is 2.35. The predicted octanol–water partition coefficient (Wildman–Crippen LogP) is 0.864. The minimum Gasteiger partial charge on any atom is -0.424 e. The summed E-state index contributed by atoms with van der Waals surface area (Å²) in [7, 11) is 0. The van der Waals surface area contributed by atoms with Crippen LogP contribution in [0.1, 0.15) is 24.3 Å². The molecule has 14 heavy (non-hydrogen) atoms. The zero-order valence-electron chi connectivity index (χ0n) is 7.69. The zero-order chi connectivity index (χ0) is 9.76. The number of hydrogen-bond acceptors (Lipinski definition) is 4. The second kappa shape index (κ2) is 2.40. The Morgan fingerprint density at radius 2 is 1.86 bits per heavy atom. The monoisotopic (exact) mass is 192 g/mol. The molecule has 4 N–H and O–H groups in total. The standard InChI is InChI=1S/C10H12N2O2/c11-10(12)13-8-4-3-7(6-1-2-6)5-9(8)14-10/h3-6H,1-2,11-12H2. The van der Waals surface area contributed by atoms with Gasteiger partial charge in [-0.05, 0) is 36.5 Å². The lowest BCUT2D eigenvalue weighted by atomic mass is 10.1. The maximum Gasteiger partial charge on any atom is 0.376 e. The second-order valence-electron chi connectivity index (χ2n) is 3.91. The van der Waals surface area contributed by atoms with Gasteiger partial charge in [-0.15, -0.1) is 0 Å². The lowest BCUT2D eigenvalue weighted by molar-refractivity contribution is -0.0671. The maximum absolute atomic E-state index is 5.50. The van der Waals surface area contributed by atoms with Gasteiger partial charge in [0, 0.05) is 0 Å². The molecule has 1 aliphatic carbocycles. The lowest BCUT2D eigenvalue weighted by Crippen LogP contribution is -2.56. The van der Waals surface area contributed by atoms with Gasteiger partial charge >= 0.3 is 6.03 Å². The van der Waals surface area contributed by atoms with Gasteiger partial charge < -0.3 is 9.47 Å². The maximum atomic E-state index is 5.50. The fraction of sp³-hybridized carbons (Fsp3) is 0.400. The highest BCUT2D eigenvalue weighted by molar-refractivity contribution is 5.47. The number of hydrogen-bond donors (Lipinski definition) is 2. The predicted molar refractivity (Wildman–Crippen MR) is 50.8 cm³/mol. The molecule has 0 aromatic heterocycles. The number of ether oxygens (including phenoxy) is 2. The van der Waals surface area contributed by atoms with Gasteiger partial charge in [-0.25, -0.2) is 11.5 Å². The number of fused-ring (bicyclic) bond motifs is 1. The average Bonchev–Trinajstić information content (AvgIpc) is 2.86. The van der Waals surface area contributed by atoms with Crippen LogP contribution in [0.25, 0.3) is 0 Å². The van der Waals surface area contributed by atoms with Crippen molar-refractivity contribution >= 4 is 0 Å². The molecule has 1 saturated carbocycles. The van der Waals surface area contributed by atoms with Crippen molar-refractivity contribution in [3.05, 3.63) is 23.8 Å². The van der Waals surface area contributed by atoms with Gasteiger partial charge in [-0.1, -0.05) is 6.07 Å². The highest BCUT2D eigenvalue weighted by atomic mass is 16.8. The third-order valence-corrected chi connectivity index (χ3v) is 2.56. The lowest BCUT2D eigenvalue weighted by Gasteiger charge is -2.14. The molecule has 0 atom stereocenters. The van der Waals surface area contributed by atoms with Crippen LogP contribution >= 0.6 is 0 Å². The summed E-state index contributed by atoms with van der Waals surface area (Å²) in [5.74, 6) is 1.97. The Balaban J connectivity index is 1.97. The van der Waals surface area contributed by atoms with E-state index in [0.29, 0.717) is 17.4 Å². The van der Waals surface area contributed by atoms with Gasteiger partial charge in [0.1, 0.15) is 0 Å². The first-order valence-corrected chi connectivity index (χ1v) is 4.74. The molecular formula is C10H12N2O2. The Morgan fingerprint density at radius 3 is 2.57 bits per heavy atom. The van der Waals surface area contributed by atoms with Crippen molar-refractivity contribution in [2.75, 3.05) is 0 Å². The van der Waals surface area contributed by atoms with Crippen molar-refractivity contribution in [3.8, 4) is 11.5 Å². The molecule has 0 unspecified atom stereocenters. The fourth-order valence-corrected chi connectivity index (χ4v) is 1.72. The van der Waals surface area contributed by atoms with Crippen molar-refractivity contribution in [2.24, 2.45) is 11.5 Å². The van der Waals surface area contributed by atoms with Crippen molar-refractivity contribution < 1.29 is 9.47 Å². The minimum atomic E-state index is -1.50. The second-order valence-corrected chi connectivity index (χ2v) is 3.91. The van der Waals surface area contributed by atoms with E-state index in [2.05, 4.69) is 0 Å². The van der Waals surface area contributed by atoms with Crippen LogP contribution in [-0.2, 0) is 0 Å². The molecule has 1 aromatic carbocycles. The van der Waals surface area contributed by atoms with E-state index in [-0.39, 0.29) is 0 Å². The van der Waals surface area contributed by atoms with Crippen LogP contribution in [0.4, 0.5) is 0 Å². The van der Waals surface area contributed by atoms with Gasteiger partial charge in [0.2, 0.25) is 0 Å². The third-order valence-electron chi connectivity index (χ3n) is 2.56. The molecule has 1 aliphatic heterocycles. The molecule has 4 heteroatoms. The van der Waals surface area contributed by atoms with Crippen LogP contribution in [0.3, 0.4) is 0 Å². The molecule has 0 spiro atoms. The van der Waals surface area contributed by atoms with Crippen LogP contribution in [0.5, 0.6) is 11.5 Å². The topological polar surface area (TPSA) is 70.5 Å². The summed E-state index contributed by atoms with van der Waals surface area (Å²) in [6.07, 6.45) is 2.52. The van der Waals surface area contributed by atoms with E-state index in [4.69, 9.17) is 20.9 Å². The van der Waals surface area contributed by atoms with Crippen LogP contribution in [0.2, 0.25) is 0 Å². The van der Waals surface area contributed by atoms with Crippen molar-refractivity contribution in [1.82, 2.24) is 0 Å². The van der Waals surface area contributed by atoms with Crippen molar-refractivity contribution in [3.63, 3.8) is 0 Å². The Hall–Kier alpha value is -1.26. The summed E-state index contributed by atoms with van der Waals surface area (Å²) in [4.78, 5) is 0. The molecule has 1 fully saturated rings. The molecule has 4 nitrogen and oxygen atoms in total. The van der Waals surface area contributed by atoms with Crippen LogP contribution in [0, 0.1) is 0 Å². The number of benzene rings is 1. The first-order chi connectivity index (χ1) is 6.64. The Kier molecular flexibility index (Phi) is 1.39. The quantitative estimate of drug-likeness (QED) is 0.647.